The summed E-state index contributed by atoms with van der Waals surface area (Å²) in [5.41, 5.74) is 0.513. The third-order valence-corrected chi connectivity index (χ3v) is 6.37. The Bertz CT molecular complexity index is 1570. The number of amides is 1. The van der Waals surface area contributed by atoms with Crippen LogP contribution in [0.15, 0.2) is 101 Å². The van der Waals surface area contributed by atoms with Crippen molar-refractivity contribution >= 4 is 38.6 Å². The number of nitriles is 1. The van der Waals surface area contributed by atoms with Crippen LogP contribution in [0.3, 0.4) is 0 Å². The fraction of sp³-hybridized carbons (Fsp3) is 0.0370. The van der Waals surface area contributed by atoms with Crippen LogP contribution in [0.2, 0.25) is 0 Å². The molecule has 4 rings (SSSR count). The van der Waals surface area contributed by atoms with Gasteiger partial charge in [-0.05, 0) is 59.3 Å². The van der Waals surface area contributed by atoms with Gasteiger partial charge in [-0.15, -0.1) is 0 Å². The Hall–Kier alpha value is -4.61. The molecule has 1 N–H and O–H groups in total. The highest BCUT2D eigenvalue weighted by Crippen LogP contribution is 2.27. The Balaban J connectivity index is 1.60. The molecule has 4 aromatic rings. The van der Waals surface area contributed by atoms with E-state index >= 15 is 0 Å². The van der Waals surface area contributed by atoms with Crippen LogP contribution in [0, 0.1) is 11.3 Å². The van der Waals surface area contributed by atoms with Gasteiger partial charge in [0.05, 0.1) is 7.11 Å². The molecule has 0 unspecified atom stereocenters. The standard InChI is InChI=1S/C27H20N2O5S/c1-33-24-13-11-23(12-14-24)29-27(30)22(18-28)16-21-8-4-5-9-26(21)34-35(31,32)25-15-10-19-6-2-3-7-20(19)17-25/h2-17H,1H3,(H,29,30)/b22-16+. The Morgan fingerprint density at radius 1 is 0.914 bits per heavy atom. The summed E-state index contributed by atoms with van der Waals surface area (Å²) in [6.07, 6.45) is 1.28. The van der Waals surface area contributed by atoms with E-state index in [1.165, 1.54) is 31.4 Å². The van der Waals surface area contributed by atoms with Gasteiger partial charge in [-0.3, -0.25) is 4.79 Å². The summed E-state index contributed by atoms with van der Waals surface area (Å²) < 4.78 is 36.5. The number of anilines is 1. The highest BCUT2D eigenvalue weighted by atomic mass is 32.2. The minimum atomic E-state index is -4.17. The molecule has 0 saturated heterocycles. The summed E-state index contributed by atoms with van der Waals surface area (Å²) in [6.45, 7) is 0. The highest BCUT2D eigenvalue weighted by Gasteiger charge is 2.19. The number of methoxy groups -OCH3 is 1. The Morgan fingerprint density at radius 2 is 1.60 bits per heavy atom. The lowest BCUT2D eigenvalue weighted by Gasteiger charge is -2.11. The largest absolute Gasteiger partial charge is 0.497 e. The van der Waals surface area contributed by atoms with E-state index in [0.29, 0.717) is 11.4 Å². The molecule has 7 nitrogen and oxygen atoms in total. The van der Waals surface area contributed by atoms with Crippen molar-refractivity contribution < 1.29 is 22.1 Å². The molecular formula is C27H20N2O5S. The molecule has 0 aliphatic heterocycles. The van der Waals surface area contributed by atoms with E-state index in [1.807, 2.05) is 30.3 Å². The van der Waals surface area contributed by atoms with Gasteiger partial charge in [-0.1, -0.05) is 48.5 Å². The summed E-state index contributed by atoms with van der Waals surface area (Å²) in [5, 5.41) is 13.8. The van der Waals surface area contributed by atoms with Crippen molar-refractivity contribution in [2.75, 3.05) is 12.4 Å². The smallest absolute Gasteiger partial charge is 0.339 e. The lowest BCUT2D eigenvalue weighted by molar-refractivity contribution is -0.112. The first-order valence-electron chi connectivity index (χ1n) is 10.5. The van der Waals surface area contributed by atoms with Gasteiger partial charge in [-0.2, -0.15) is 13.7 Å². The SMILES string of the molecule is COc1ccc(NC(=O)/C(C#N)=C/c2ccccc2OS(=O)(=O)c2ccc3ccccc3c2)cc1. The van der Waals surface area contributed by atoms with E-state index in [0.717, 1.165) is 10.8 Å². The molecule has 0 bridgehead atoms. The third kappa shape index (κ3) is 5.49. The third-order valence-electron chi connectivity index (χ3n) is 5.14. The molecule has 35 heavy (non-hydrogen) atoms. The molecule has 0 radical (unpaired) electrons. The van der Waals surface area contributed by atoms with Crippen LogP contribution < -0.4 is 14.2 Å². The van der Waals surface area contributed by atoms with Crippen LogP contribution in [0.4, 0.5) is 5.69 Å². The predicted octanol–water partition coefficient (Wildman–Crippen LogP) is 5.16. The average Bonchev–Trinajstić information content (AvgIpc) is 2.88. The first kappa shape index (κ1) is 23.5. The van der Waals surface area contributed by atoms with Gasteiger partial charge in [0, 0.05) is 11.3 Å². The van der Waals surface area contributed by atoms with Crippen LogP contribution >= 0.6 is 0 Å². The monoisotopic (exact) mass is 484 g/mol. The van der Waals surface area contributed by atoms with Gasteiger partial charge in [0.25, 0.3) is 5.91 Å². The second kappa shape index (κ2) is 10.1. The minimum Gasteiger partial charge on any atom is -0.497 e. The van der Waals surface area contributed by atoms with Gasteiger partial charge < -0.3 is 14.2 Å². The van der Waals surface area contributed by atoms with Gasteiger partial charge in [0.2, 0.25) is 0 Å². The number of benzene rings is 4. The van der Waals surface area contributed by atoms with Gasteiger partial charge >= 0.3 is 10.1 Å². The van der Waals surface area contributed by atoms with Crippen LogP contribution in [0.5, 0.6) is 11.5 Å². The fourth-order valence-corrected chi connectivity index (χ4v) is 4.33. The zero-order chi connectivity index (χ0) is 24.8. The van der Waals surface area contributed by atoms with Crippen LogP contribution in [0.25, 0.3) is 16.8 Å². The number of nitrogens with one attached hydrogen (secondary N) is 1. The maximum absolute atomic E-state index is 13.0. The van der Waals surface area contributed by atoms with E-state index in [4.69, 9.17) is 8.92 Å². The molecule has 0 aromatic heterocycles. The minimum absolute atomic E-state index is 0.00672. The quantitative estimate of drug-likeness (QED) is 0.221. The second-order valence-electron chi connectivity index (χ2n) is 7.44. The zero-order valence-electron chi connectivity index (χ0n) is 18.6. The molecule has 0 saturated carbocycles. The summed E-state index contributed by atoms with van der Waals surface area (Å²) in [7, 11) is -2.64. The van der Waals surface area contributed by atoms with Crippen molar-refractivity contribution in [2.45, 2.75) is 4.90 Å². The second-order valence-corrected chi connectivity index (χ2v) is 8.98. The number of fused-ring (bicyclic) bond motifs is 1. The number of carbonyl (C=O) groups is 1. The average molecular weight is 485 g/mol. The van der Waals surface area contributed by atoms with Gasteiger partial charge in [0.1, 0.15) is 28.0 Å². The molecule has 0 aliphatic carbocycles. The van der Waals surface area contributed by atoms with Crippen molar-refractivity contribution in [2.24, 2.45) is 0 Å². The molecule has 4 aromatic carbocycles. The van der Waals surface area contributed by atoms with Crippen molar-refractivity contribution in [3.05, 3.63) is 102 Å². The number of hydrogen-bond donors (Lipinski definition) is 1. The number of rotatable bonds is 7. The van der Waals surface area contributed by atoms with Crippen LogP contribution in [-0.4, -0.2) is 21.4 Å². The molecule has 0 spiro atoms. The Morgan fingerprint density at radius 3 is 2.31 bits per heavy atom. The number of carbonyl (C=O) groups excluding carboxylic acids is 1. The lowest BCUT2D eigenvalue weighted by atomic mass is 10.1. The molecule has 0 aliphatic rings. The van der Waals surface area contributed by atoms with E-state index in [2.05, 4.69) is 5.32 Å². The number of para-hydroxylation sites is 1. The van der Waals surface area contributed by atoms with E-state index < -0.39 is 16.0 Å². The van der Waals surface area contributed by atoms with E-state index in [-0.39, 0.29) is 21.8 Å². The van der Waals surface area contributed by atoms with Crippen LogP contribution in [-0.2, 0) is 14.9 Å². The molecule has 8 heteroatoms. The van der Waals surface area contributed by atoms with Gasteiger partial charge in [0.15, 0.2) is 0 Å². The van der Waals surface area contributed by atoms with Crippen molar-refractivity contribution in [1.29, 1.82) is 5.26 Å². The highest BCUT2D eigenvalue weighted by molar-refractivity contribution is 7.87. The molecular weight excluding hydrogens is 464 g/mol. The summed E-state index contributed by atoms with van der Waals surface area (Å²) >= 11 is 0. The van der Waals surface area contributed by atoms with E-state index in [1.54, 1.807) is 48.5 Å². The predicted molar refractivity (Wildman–Crippen MR) is 133 cm³/mol. The Kier molecular flexibility index (Phi) is 6.81. The fourth-order valence-electron chi connectivity index (χ4n) is 3.34. The first-order valence-corrected chi connectivity index (χ1v) is 11.9. The van der Waals surface area contributed by atoms with E-state index in [9.17, 15) is 18.5 Å². The Labute approximate surface area is 203 Å². The van der Waals surface area contributed by atoms with Crippen molar-refractivity contribution in [3.63, 3.8) is 0 Å². The summed E-state index contributed by atoms with van der Waals surface area (Å²) in [4.78, 5) is 12.6. The molecule has 0 fully saturated rings. The zero-order valence-corrected chi connectivity index (χ0v) is 19.5. The lowest BCUT2D eigenvalue weighted by Crippen LogP contribution is -2.14. The number of nitrogens with zero attached hydrogens (tertiary/aromatic N) is 1. The maximum Gasteiger partial charge on any atom is 0.339 e. The van der Waals surface area contributed by atoms with Crippen molar-refractivity contribution in [3.8, 4) is 17.6 Å². The molecule has 174 valence electrons. The van der Waals surface area contributed by atoms with Gasteiger partial charge in [-0.25, -0.2) is 0 Å². The molecule has 0 heterocycles. The van der Waals surface area contributed by atoms with Crippen LogP contribution in [0.1, 0.15) is 5.56 Å². The normalized spacial score (nSPS) is 11.5. The van der Waals surface area contributed by atoms with Crippen molar-refractivity contribution in [1.82, 2.24) is 0 Å². The topological polar surface area (TPSA) is 105 Å². The maximum atomic E-state index is 13.0. The molecule has 0 atom stereocenters. The summed E-state index contributed by atoms with van der Waals surface area (Å²) in [5.74, 6) is -0.0340. The first-order chi connectivity index (χ1) is 16.9. The number of ether oxygens (including phenoxy) is 1. The summed E-state index contributed by atoms with van der Waals surface area (Å²) in [6, 6.07) is 26.8. The molecule has 1 amide bonds. The number of hydrogen-bond acceptors (Lipinski definition) is 6.